The van der Waals surface area contributed by atoms with Crippen molar-refractivity contribution in [2.75, 3.05) is 36.9 Å². The fraction of sp³-hybridized carbons (Fsp3) is 0.455. The largest absolute Gasteiger partial charge is 0.381 e. The molecule has 2 aliphatic rings. The predicted molar refractivity (Wildman–Crippen MR) is 176 cm³/mol. The Balaban J connectivity index is 1.32. The molecule has 0 bridgehead atoms. The van der Waals surface area contributed by atoms with Gasteiger partial charge in [-0.15, -0.1) is 5.10 Å². The third kappa shape index (κ3) is 6.87. The quantitative estimate of drug-likeness (QED) is 0.208. The Bertz CT molecular complexity index is 1720. The van der Waals surface area contributed by atoms with Crippen molar-refractivity contribution < 1.29 is 9.13 Å². The molecule has 2 fully saturated rings. The average Bonchev–Trinajstić information content (AvgIpc) is 3.52. The lowest BCUT2D eigenvalue weighted by molar-refractivity contribution is 0.0601. The molecule has 2 saturated heterocycles. The van der Waals surface area contributed by atoms with E-state index < -0.39 is 5.82 Å². The van der Waals surface area contributed by atoms with Gasteiger partial charge in [-0.3, -0.25) is 9.88 Å². The van der Waals surface area contributed by atoms with Crippen molar-refractivity contribution >= 4 is 51.2 Å². The highest BCUT2D eigenvalue weighted by Crippen LogP contribution is 2.39. The Hall–Kier alpha value is -3.49. The van der Waals surface area contributed by atoms with Gasteiger partial charge >= 0.3 is 0 Å². The van der Waals surface area contributed by atoms with Crippen LogP contribution >= 0.6 is 23.2 Å². The van der Waals surface area contributed by atoms with Crippen LogP contribution in [0.3, 0.4) is 0 Å². The Morgan fingerprint density at radius 1 is 1.04 bits per heavy atom. The number of halogens is 3. The zero-order valence-electron chi connectivity index (χ0n) is 25.7. The van der Waals surface area contributed by atoms with Crippen molar-refractivity contribution in [1.29, 1.82) is 5.26 Å². The summed E-state index contributed by atoms with van der Waals surface area (Å²) in [7, 11) is 0. The molecule has 2 aromatic heterocycles. The first kappa shape index (κ1) is 31.5. The van der Waals surface area contributed by atoms with Crippen LogP contribution in [-0.4, -0.2) is 56.7 Å². The molecule has 1 atom stereocenters. The summed E-state index contributed by atoms with van der Waals surface area (Å²) in [4.78, 5) is 7.00. The lowest BCUT2D eigenvalue weighted by Crippen LogP contribution is -2.46. The van der Waals surface area contributed by atoms with Crippen LogP contribution in [0.2, 0.25) is 10.0 Å². The average molecular weight is 652 g/mol. The molecule has 2 aliphatic heterocycles. The minimum Gasteiger partial charge on any atom is -0.381 e. The van der Waals surface area contributed by atoms with E-state index in [1.807, 2.05) is 16.8 Å². The van der Waals surface area contributed by atoms with Gasteiger partial charge in [0.2, 0.25) is 0 Å². The van der Waals surface area contributed by atoms with E-state index >= 15 is 0 Å². The summed E-state index contributed by atoms with van der Waals surface area (Å²) in [6.45, 7) is 10.2. The first-order valence-corrected chi connectivity index (χ1v) is 16.1. The van der Waals surface area contributed by atoms with E-state index in [2.05, 4.69) is 63.9 Å². The zero-order valence-corrected chi connectivity index (χ0v) is 27.2. The standard InChI is InChI=1S/C33H37Cl2FN8O/c1-33(2,3)43-10-6-24(7-11-43)44-19-29(41-42-44)31(20-8-12-45-13-9-20)40-23-14-25-30(39-22-4-5-28(36)26(34)15-22)21(17-37)18-38-32(25)27(35)16-23/h4-5,14-16,18-20,24,31,40H,6-13H2,1-3H3,(H,38,39)/t31-/m0/s1. The van der Waals surface area contributed by atoms with Crippen LogP contribution in [0.5, 0.6) is 0 Å². The number of anilines is 3. The van der Waals surface area contributed by atoms with Gasteiger partial charge in [0.25, 0.3) is 0 Å². The molecule has 0 aliphatic carbocycles. The number of fused-ring (bicyclic) bond motifs is 1. The maximum atomic E-state index is 13.9. The van der Waals surface area contributed by atoms with E-state index in [0.717, 1.165) is 50.2 Å². The van der Waals surface area contributed by atoms with Crippen LogP contribution in [-0.2, 0) is 4.74 Å². The second kappa shape index (κ2) is 13.1. The summed E-state index contributed by atoms with van der Waals surface area (Å²) in [6, 6.07) is 10.5. The second-order valence-electron chi connectivity index (χ2n) is 12.9. The SMILES string of the molecule is CC(C)(C)N1CCC(n2cc([C@@H](Nc3cc(Cl)c4ncc(C#N)c(Nc5ccc(F)c(Cl)c5)c4c3)C3CCOCC3)nn2)CC1. The molecule has 0 amide bonds. The van der Waals surface area contributed by atoms with E-state index in [9.17, 15) is 9.65 Å². The van der Waals surface area contributed by atoms with Crippen LogP contribution in [0.4, 0.5) is 21.5 Å². The van der Waals surface area contributed by atoms with Crippen LogP contribution in [0, 0.1) is 23.1 Å². The van der Waals surface area contributed by atoms with Crippen LogP contribution < -0.4 is 10.6 Å². The normalized spacial score (nSPS) is 17.7. The highest BCUT2D eigenvalue weighted by molar-refractivity contribution is 6.36. The third-order valence-electron chi connectivity index (χ3n) is 8.93. The van der Waals surface area contributed by atoms with Gasteiger partial charge < -0.3 is 15.4 Å². The Morgan fingerprint density at radius 2 is 1.78 bits per heavy atom. The summed E-state index contributed by atoms with van der Waals surface area (Å²) in [5, 5.41) is 27.2. The summed E-state index contributed by atoms with van der Waals surface area (Å²) in [5.41, 5.74) is 3.68. The smallest absolute Gasteiger partial charge is 0.141 e. The summed E-state index contributed by atoms with van der Waals surface area (Å²) < 4.78 is 21.6. The van der Waals surface area contributed by atoms with Gasteiger partial charge in [0.15, 0.2) is 0 Å². The first-order valence-electron chi connectivity index (χ1n) is 15.4. The van der Waals surface area contributed by atoms with Gasteiger partial charge in [-0.25, -0.2) is 9.07 Å². The molecule has 9 nitrogen and oxygen atoms in total. The predicted octanol–water partition coefficient (Wildman–Crippen LogP) is 7.90. The number of hydrogen-bond donors (Lipinski definition) is 2. The Morgan fingerprint density at radius 3 is 2.47 bits per heavy atom. The van der Waals surface area contributed by atoms with E-state index in [-0.39, 0.29) is 22.5 Å². The number of piperidine rings is 1. The molecule has 2 N–H and O–H groups in total. The van der Waals surface area contributed by atoms with Gasteiger partial charge in [0, 0.05) is 54.8 Å². The van der Waals surface area contributed by atoms with Crippen molar-refractivity contribution in [3.05, 3.63) is 69.8 Å². The fourth-order valence-electron chi connectivity index (χ4n) is 6.36. The number of aromatic nitrogens is 4. The topological polar surface area (TPSA) is 104 Å². The summed E-state index contributed by atoms with van der Waals surface area (Å²) in [5.74, 6) is -0.257. The molecular formula is C33H37Cl2FN8O. The first-order chi connectivity index (χ1) is 21.6. The zero-order chi connectivity index (χ0) is 31.7. The number of rotatable bonds is 7. The van der Waals surface area contributed by atoms with Gasteiger partial charge in [-0.2, -0.15) is 5.26 Å². The van der Waals surface area contributed by atoms with Crippen LogP contribution in [0.15, 0.2) is 42.7 Å². The van der Waals surface area contributed by atoms with Crippen LogP contribution in [0.25, 0.3) is 10.9 Å². The molecule has 0 radical (unpaired) electrons. The number of hydrogen-bond acceptors (Lipinski definition) is 8. The van der Waals surface area contributed by atoms with Crippen molar-refractivity contribution in [2.24, 2.45) is 5.92 Å². The number of benzene rings is 2. The highest BCUT2D eigenvalue weighted by atomic mass is 35.5. The molecule has 236 valence electrons. The van der Waals surface area contributed by atoms with E-state index in [1.54, 1.807) is 6.07 Å². The molecule has 0 saturated carbocycles. The van der Waals surface area contributed by atoms with Crippen molar-refractivity contribution in [2.45, 2.75) is 64.1 Å². The molecule has 4 aromatic rings. The van der Waals surface area contributed by atoms with E-state index in [4.69, 9.17) is 27.9 Å². The molecule has 0 unspecified atom stereocenters. The number of nitrogens with one attached hydrogen (secondary N) is 2. The maximum Gasteiger partial charge on any atom is 0.141 e. The third-order valence-corrected chi connectivity index (χ3v) is 9.51. The maximum absolute atomic E-state index is 13.9. The lowest BCUT2D eigenvalue weighted by atomic mass is 9.89. The van der Waals surface area contributed by atoms with Gasteiger partial charge in [-0.1, -0.05) is 28.4 Å². The molecule has 12 heteroatoms. The minimum absolute atomic E-state index is 0.0237. The molecule has 45 heavy (non-hydrogen) atoms. The number of nitriles is 1. The molecule has 0 spiro atoms. The molecule has 6 rings (SSSR count). The molecule has 2 aromatic carbocycles. The van der Waals surface area contributed by atoms with E-state index in [0.29, 0.717) is 52.1 Å². The number of pyridine rings is 1. The minimum atomic E-state index is -0.525. The monoisotopic (exact) mass is 650 g/mol. The van der Waals surface area contributed by atoms with Gasteiger partial charge in [0.05, 0.1) is 45.1 Å². The summed E-state index contributed by atoms with van der Waals surface area (Å²) >= 11 is 12.8. The molecule has 4 heterocycles. The number of nitrogens with zero attached hydrogens (tertiary/aromatic N) is 6. The fourth-order valence-corrected chi connectivity index (χ4v) is 6.80. The van der Waals surface area contributed by atoms with Crippen molar-refractivity contribution in [1.82, 2.24) is 24.9 Å². The molecular weight excluding hydrogens is 614 g/mol. The Kier molecular flexibility index (Phi) is 9.16. The Labute approximate surface area is 272 Å². The van der Waals surface area contributed by atoms with Gasteiger partial charge in [0.1, 0.15) is 17.6 Å². The van der Waals surface area contributed by atoms with Crippen molar-refractivity contribution in [3.8, 4) is 6.07 Å². The number of likely N-dealkylation sites (tertiary alicyclic amines) is 1. The van der Waals surface area contributed by atoms with Gasteiger partial charge in [-0.05, 0) is 82.7 Å². The number of ether oxygens (including phenoxy) is 1. The second-order valence-corrected chi connectivity index (χ2v) is 13.7. The van der Waals surface area contributed by atoms with E-state index in [1.165, 1.54) is 18.3 Å². The van der Waals surface area contributed by atoms with Crippen LogP contribution in [0.1, 0.15) is 69.8 Å². The summed E-state index contributed by atoms with van der Waals surface area (Å²) in [6.07, 6.45) is 7.39. The highest BCUT2D eigenvalue weighted by Gasteiger charge is 2.31. The lowest BCUT2D eigenvalue weighted by Gasteiger charge is -2.40. The van der Waals surface area contributed by atoms with Crippen molar-refractivity contribution in [3.63, 3.8) is 0 Å².